The van der Waals surface area contributed by atoms with Crippen LogP contribution in [-0.4, -0.2) is 35.0 Å². The van der Waals surface area contributed by atoms with Crippen molar-refractivity contribution in [2.24, 2.45) is 5.41 Å². The Bertz CT molecular complexity index is 266. The largest absolute Gasteiger partial charge is 0.396 e. The summed E-state index contributed by atoms with van der Waals surface area (Å²) in [5.41, 5.74) is -0.199. The van der Waals surface area contributed by atoms with Gasteiger partial charge in [-0.05, 0) is 12.8 Å². The molecule has 2 rings (SSSR count). The number of rotatable bonds is 3. The third-order valence-electron chi connectivity index (χ3n) is 3.65. The van der Waals surface area contributed by atoms with E-state index in [1.54, 1.807) is 0 Å². The number of likely N-dealkylation sites (tertiary alicyclic amines) is 1. The van der Waals surface area contributed by atoms with Crippen LogP contribution in [0.1, 0.15) is 38.5 Å². The summed E-state index contributed by atoms with van der Waals surface area (Å²) in [4.78, 5) is 24.3. The van der Waals surface area contributed by atoms with Crippen molar-refractivity contribution in [1.29, 1.82) is 0 Å². The van der Waals surface area contributed by atoms with Crippen molar-refractivity contribution in [3.63, 3.8) is 0 Å². The first-order chi connectivity index (χ1) is 7.17. The van der Waals surface area contributed by atoms with Gasteiger partial charge in [0.25, 0.3) is 0 Å². The summed E-state index contributed by atoms with van der Waals surface area (Å²) in [6.45, 7) is 0.519. The number of carbonyl (C=O) groups excluding carboxylic acids is 2. The number of aliphatic hydroxyl groups excluding tert-OH is 1. The zero-order valence-corrected chi connectivity index (χ0v) is 8.87. The molecular weight excluding hydrogens is 194 g/mol. The maximum absolute atomic E-state index is 11.5. The maximum Gasteiger partial charge on any atom is 0.229 e. The molecule has 0 atom stereocenters. The molecule has 0 spiro atoms. The summed E-state index contributed by atoms with van der Waals surface area (Å²) >= 11 is 0. The molecule has 1 N–H and O–H groups in total. The molecule has 0 radical (unpaired) electrons. The summed E-state index contributed by atoms with van der Waals surface area (Å²) in [5.74, 6) is -0.139. The van der Waals surface area contributed by atoms with Crippen molar-refractivity contribution in [2.45, 2.75) is 38.5 Å². The molecule has 0 bridgehead atoms. The van der Waals surface area contributed by atoms with Gasteiger partial charge in [0.15, 0.2) is 0 Å². The second kappa shape index (κ2) is 3.93. The Hall–Kier alpha value is -0.900. The number of amides is 2. The summed E-state index contributed by atoms with van der Waals surface area (Å²) in [6, 6.07) is 0. The Morgan fingerprint density at radius 2 is 1.67 bits per heavy atom. The van der Waals surface area contributed by atoms with E-state index in [1.807, 2.05) is 0 Å². The first-order valence-electron chi connectivity index (χ1n) is 5.61. The minimum absolute atomic E-state index is 0.0697. The summed E-state index contributed by atoms with van der Waals surface area (Å²) in [6.07, 6.45) is 4.75. The molecule has 0 aromatic carbocycles. The van der Waals surface area contributed by atoms with Crippen LogP contribution in [0.25, 0.3) is 0 Å². The number of nitrogens with zero attached hydrogens (tertiary/aromatic N) is 1. The summed E-state index contributed by atoms with van der Waals surface area (Å²) < 4.78 is 0. The quantitative estimate of drug-likeness (QED) is 0.699. The molecule has 1 saturated carbocycles. The molecule has 4 heteroatoms. The monoisotopic (exact) mass is 211 g/mol. The lowest BCUT2D eigenvalue weighted by molar-refractivity contribution is -0.140. The van der Waals surface area contributed by atoms with Crippen molar-refractivity contribution in [3.05, 3.63) is 0 Å². The third-order valence-corrected chi connectivity index (χ3v) is 3.65. The molecular formula is C11H17NO3. The molecule has 0 unspecified atom stereocenters. The molecule has 2 aliphatic rings. The Morgan fingerprint density at radius 1 is 1.13 bits per heavy atom. The van der Waals surface area contributed by atoms with Gasteiger partial charge < -0.3 is 5.11 Å². The number of aliphatic hydroxyl groups is 1. The van der Waals surface area contributed by atoms with Gasteiger partial charge in [-0.1, -0.05) is 12.8 Å². The van der Waals surface area contributed by atoms with Crippen LogP contribution < -0.4 is 0 Å². The van der Waals surface area contributed by atoms with Crippen LogP contribution in [0.4, 0.5) is 0 Å². The van der Waals surface area contributed by atoms with Crippen LogP contribution in [0.15, 0.2) is 0 Å². The van der Waals surface area contributed by atoms with Crippen molar-refractivity contribution in [3.8, 4) is 0 Å². The van der Waals surface area contributed by atoms with Crippen LogP contribution in [0.2, 0.25) is 0 Å². The molecule has 84 valence electrons. The fraction of sp³-hybridized carbons (Fsp3) is 0.818. The fourth-order valence-electron chi connectivity index (χ4n) is 2.63. The second-order valence-electron chi connectivity index (χ2n) is 4.74. The number of imide groups is 1. The third kappa shape index (κ3) is 1.91. The maximum atomic E-state index is 11.5. The molecule has 15 heavy (non-hydrogen) atoms. The minimum Gasteiger partial charge on any atom is -0.396 e. The predicted molar refractivity (Wildman–Crippen MR) is 53.9 cm³/mol. The lowest BCUT2D eigenvalue weighted by atomic mass is 9.86. The van der Waals surface area contributed by atoms with Gasteiger partial charge in [-0.15, -0.1) is 0 Å². The highest BCUT2D eigenvalue weighted by atomic mass is 16.3. The van der Waals surface area contributed by atoms with Crippen LogP contribution in [0, 0.1) is 5.41 Å². The van der Waals surface area contributed by atoms with Gasteiger partial charge in [-0.25, -0.2) is 0 Å². The van der Waals surface area contributed by atoms with Gasteiger partial charge in [-0.3, -0.25) is 14.5 Å². The Labute approximate surface area is 89.3 Å². The molecule has 1 aliphatic carbocycles. The first kappa shape index (κ1) is 10.6. The number of carbonyl (C=O) groups is 2. The Morgan fingerprint density at radius 3 is 2.13 bits per heavy atom. The van der Waals surface area contributed by atoms with E-state index in [1.165, 1.54) is 4.90 Å². The molecule has 2 fully saturated rings. The van der Waals surface area contributed by atoms with Gasteiger partial charge in [0, 0.05) is 24.8 Å². The van der Waals surface area contributed by atoms with Crippen LogP contribution in [0.3, 0.4) is 0 Å². The molecule has 0 aromatic heterocycles. The topological polar surface area (TPSA) is 57.6 Å². The predicted octanol–water partition coefficient (Wildman–Crippen LogP) is 0.688. The second-order valence-corrected chi connectivity index (χ2v) is 4.74. The molecule has 0 aromatic rings. The van der Waals surface area contributed by atoms with E-state index in [-0.39, 0.29) is 23.8 Å². The van der Waals surface area contributed by atoms with Crippen molar-refractivity contribution in [2.75, 3.05) is 13.2 Å². The van der Waals surface area contributed by atoms with E-state index in [2.05, 4.69) is 0 Å². The summed E-state index contributed by atoms with van der Waals surface area (Å²) in [7, 11) is 0. The Balaban J connectivity index is 2.06. The number of hydrogen-bond acceptors (Lipinski definition) is 3. The van der Waals surface area contributed by atoms with Gasteiger partial charge in [-0.2, -0.15) is 0 Å². The smallest absolute Gasteiger partial charge is 0.229 e. The van der Waals surface area contributed by atoms with Gasteiger partial charge in [0.1, 0.15) is 0 Å². The molecule has 4 nitrogen and oxygen atoms in total. The van der Waals surface area contributed by atoms with E-state index in [0.717, 1.165) is 25.7 Å². The van der Waals surface area contributed by atoms with Crippen LogP contribution in [-0.2, 0) is 9.59 Å². The lowest BCUT2D eigenvalue weighted by Crippen LogP contribution is -2.41. The van der Waals surface area contributed by atoms with Gasteiger partial charge in [0.2, 0.25) is 11.8 Å². The van der Waals surface area contributed by atoms with E-state index < -0.39 is 0 Å². The highest BCUT2D eigenvalue weighted by Crippen LogP contribution is 2.39. The fourth-order valence-corrected chi connectivity index (χ4v) is 2.63. The molecule has 1 saturated heterocycles. The van der Waals surface area contributed by atoms with Gasteiger partial charge >= 0.3 is 0 Å². The highest BCUT2D eigenvalue weighted by Gasteiger charge is 2.40. The highest BCUT2D eigenvalue weighted by molar-refractivity contribution is 6.01. The average molecular weight is 211 g/mol. The zero-order valence-electron chi connectivity index (χ0n) is 8.87. The molecule has 1 aliphatic heterocycles. The van der Waals surface area contributed by atoms with Crippen molar-refractivity contribution >= 4 is 11.8 Å². The Kier molecular flexibility index (Phi) is 2.78. The first-order valence-corrected chi connectivity index (χ1v) is 5.61. The number of hydrogen-bond donors (Lipinski definition) is 1. The van der Waals surface area contributed by atoms with Crippen molar-refractivity contribution < 1.29 is 14.7 Å². The van der Waals surface area contributed by atoms with Crippen LogP contribution in [0.5, 0.6) is 0 Å². The minimum atomic E-state index is -0.199. The van der Waals surface area contributed by atoms with E-state index in [0.29, 0.717) is 19.4 Å². The van der Waals surface area contributed by atoms with Gasteiger partial charge in [0.05, 0.1) is 6.61 Å². The van der Waals surface area contributed by atoms with E-state index in [4.69, 9.17) is 0 Å². The standard InChI is InChI=1S/C11H17NO3/c13-8-11(5-1-2-6-11)7-12-9(14)3-4-10(12)15/h13H,1-8H2. The normalized spacial score (nSPS) is 25.3. The SMILES string of the molecule is O=C1CCC(=O)N1CC1(CO)CCCC1. The lowest BCUT2D eigenvalue weighted by Gasteiger charge is -2.30. The molecule has 2 amide bonds. The zero-order chi connectivity index (χ0) is 10.9. The van der Waals surface area contributed by atoms with Crippen molar-refractivity contribution in [1.82, 2.24) is 4.90 Å². The van der Waals surface area contributed by atoms with Crippen LogP contribution >= 0.6 is 0 Å². The summed E-state index contributed by atoms with van der Waals surface area (Å²) in [5, 5.41) is 9.40. The van der Waals surface area contributed by atoms with E-state index >= 15 is 0 Å². The molecule has 1 heterocycles. The van der Waals surface area contributed by atoms with E-state index in [9.17, 15) is 14.7 Å². The average Bonchev–Trinajstić information content (AvgIpc) is 2.81.